The van der Waals surface area contributed by atoms with E-state index < -0.39 is 0 Å². The summed E-state index contributed by atoms with van der Waals surface area (Å²) in [6.45, 7) is 1.83. The molecule has 0 saturated carbocycles. The summed E-state index contributed by atoms with van der Waals surface area (Å²) in [5.41, 5.74) is 3.24. The standard InChI is InChI=1S/C22H22FN3O/c23-19-10-8-18(9-11-19)16-24-22(27)26-14-13-25-12-4-7-20(25)21(26)15-17-5-2-1-3-6-17/h1-12,21H,13-16H2,(H,24,27). The van der Waals surface area contributed by atoms with Crippen molar-refractivity contribution in [3.8, 4) is 0 Å². The molecule has 1 aromatic heterocycles. The molecule has 0 fully saturated rings. The van der Waals surface area contributed by atoms with E-state index in [-0.39, 0.29) is 17.9 Å². The van der Waals surface area contributed by atoms with Gasteiger partial charge in [-0.25, -0.2) is 9.18 Å². The highest BCUT2D eigenvalue weighted by atomic mass is 19.1. The Balaban J connectivity index is 1.50. The Morgan fingerprint density at radius 2 is 1.74 bits per heavy atom. The number of rotatable bonds is 4. The van der Waals surface area contributed by atoms with Crippen molar-refractivity contribution in [2.75, 3.05) is 6.54 Å². The second-order valence-electron chi connectivity index (χ2n) is 6.81. The maximum Gasteiger partial charge on any atom is 0.318 e. The first-order valence-electron chi connectivity index (χ1n) is 9.18. The molecular formula is C22H22FN3O. The van der Waals surface area contributed by atoms with Gasteiger partial charge < -0.3 is 14.8 Å². The predicted octanol–water partition coefficient (Wildman–Crippen LogP) is 4.14. The zero-order valence-corrected chi connectivity index (χ0v) is 15.0. The minimum Gasteiger partial charge on any atom is -0.348 e. The molecule has 4 rings (SSSR count). The summed E-state index contributed by atoms with van der Waals surface area (Å²) >= 11 is 0. The fourth-order valence-corrected chi connectivity index (χ4v) is 3.64. The highest BCUT2D eigenvalue weighted by Crippen LogP contribution is 2.29. The molecule has 5 heteroatoms. The highest BCUT2D eigenvalue weighted by Gasteiger charge is 2.30. The van der Waals surface area contributed by atoms with Crippen LogP contribution in [0.15, 0.2) is 72.9 Å². The lowest BCUT2D eigenvalue weighted by Crippen LogP contribution is -2.47. The van der Waals surface area contributed by atoms with Crippen LogP contribution in [-0.4, -0.2) is 22.0 Å². The van der Waals surface area contributed by atoms with Gasteiger partial charge in [0.1, 0.15) is 5.82 Å². The number of amides is 2. The van der Waals surface area contributed by atoms with Gasteiger partial charge in [-0.2, -0.15) is 0 Å². The van der Waals surface area contributed by atoms with E-state index in [9.17, 15) is 9.18 Å². The molecule has 2 heterocycles. The van der Waals surface area contributed by atoms with E-state index in [2.05, 4.69) is 34.3 Å². The van der Waals surface area contributed by atoms with Gasteiger partial charge in [0.15, 0.2) is 0 Å². The minimum atomic E-state index is -0.273. The lowest BCUT2D eigenvalue weighted by atomic mass is 10.0. The lowest BCUT2D eigenvalue weighted by molar-refractivity contribution is 0.155. The monoisotopic (exact) mass is 363 g/mol. The maximum atomic E-state index is 13.0. The Bertz CT molecular complexity index is 905. The van der Waals surface area contributed by atoms with E-state index in [0.29, 0.717) is 13.1 Å². The van der Waals surface area contributed by atoms with Gasteiger partial charge in [0.2, 0.25) is 0 Å². The Kier molecular flexibility index (Phi) is 4.92. The van der Waals surface area contributed by atoms with Gasteiger partial charge in [-0.05, 0) is 41.8 Å². The van der Waals surface area contributed by atoms with Crippen LogP contribution in [0, 0.1) is 5.82 Å². The Labute approximate surface area is 158 Å². The van der Waals surface area contributed by atoms with Crippen LogP contribution in [0.4, 0.5) is 9.18 Å². The van der Waals surface area contributed by atoms with Crippen molar-refractivity contribution in [2.45, 2.75) is 25.6 Å². The van der Waals surface area contributed by atoms with Crippen molar-refractivity contribution in [1.29, 1.82) is 0 Å². The highest BCUT2D eigenvalue weighted by molar-refractivity contribution is 5.75. The minimum absolute atomic E-state index is 0.00984. The average Bonchev–Trinajstić information content (AvgIpc) is 3.18. The van der Waals surface area contributed by atoms with Crippen LogP contribution in [0.1, 0.15) is 22.9 Å². The quantitative estimate of drug-likeness (QED) is 0.743. The zero-order chi connectivity index (χ0) is 18.6. The van der Waals surface area contributed by atoms with Gasteiger partial charge in [0, 0.05) is 31.5 Å². The zero-order valence-electron chi connectivity index (χ0n) is 15.0. The first-order chi connectivity index (χ1) is 13.2. The number of nitrogens with zero attached hydrogens (tertiary/aromatic N) is 2. The largest absolute Gasteiger partial charge is 0.348 e. The number of benzene rings is 2. The molecule has 2 amide bonds. The maximum absolute atomic E-state index is 13.0. The average molecular weight is 363 g/mol. The van der Waals surface area contributed by atoms with Crippen molar-refractivity contribution in [3.05, 3.63) is 95.6 Å². The summed E-state index contributed by atoms with van der Waals surface area (Å²) in [5, 5.41) is 2.98. The third-order valence-corrected chi connectivity index (χ3v) is 5.05. The fraction of sp³-hybridized carbons (Fsp3) is 0.227. The van der Waals surface area contributed by atoms with Crippen LogP contribution in [0.5, 0.6) is 0 Å². The van der Waals surface area contributed by atoms with Gasteiger partial charge in [-0.3, -0.25) is 0 Å². The normalized spacial score (nSPS) is 16.0. The molecule has 1 aliphatic heterocycles. The number of fused-ring (bicyclic) bond motifs is 1. The summed E-state index contributed by atoms with van der Waals surface area (Å²) in [7, 11) is 0. The molecule has 138 valence electrons. The SMILES string of the molecule is O=C(NCc1ccc(F)cc1)N1CCn2cccc2C1Cc1ccccc1. The summed E-state index contributed by atoms with van der Waals surface area (Å²) in [5.74, 6) is -0.273. The lowest BCUT2D eigenvalue weighted by Gasteiger charge is -2.37. The molecule has 1 unspecified atom stereocenters. The van der Waals surface area contributed by atoms with Crippen LogP contribution in [0.25, 0.3) is 0 Å². The van der Waals surface area contributed by atoms with Crippen molar-refractivity contribution in [2.24, 2.45) is 0 Å². The van der Waals surface area contributed by atoms with Crippen molar-refractivity contribution in [1.82, 2.24) is 14.8 Å². The molecule has 1 aliphatic rings. The fourth-order valence-electron chi connectivity index (χ4n) is 3.64. The van der Waals surface area contributed by atoms with Gasteiger partial charge in [-0.15, -0.1) is 0 Å². The first-order valence-corrected chi connectivity index (χ1v) is 9.18. The third-order valence-electron chi connectivity index (χ3n) is 5.05. The number of carbonyl (C=O) groups is 1. The topological polar surface area (TPSA) is 37.3 Å². The first kappa shape index (κ1) is 17.3. The van der Waals surface area contributed by atoms with Crippen molar-refractivity contribution >= 4 is 6.03 Å². The van der Waals surface area contributed by atoms with Gasteiger partial charge in [0.05, 0.1) is 6.04 Å². The molecule has 0 bridgehead atoms. The smallest absolute Gasteiger partial charge is 0.318 e. The molecule has 0 aliphatic carbocycles. The van der Waals surface area contributed by atoms with Gasteiger partial charge >= 0.3 is 6.03 Å². The van der Waals surface area contributed by atoms with E-state index in [1.807, 2.05) is 29.2 Å². The van der Waals surface area contributed by atoms with Crippen molar-refractivity contribution in [3.63, 3.8) is 0 Å². The number of carbonyl (C=O) groups excluding carboxylic acids is 1. The van der Waals surface area contributed by atoms with Crippen LogP contribution in [0.2, 0.25) is 0 Å². The summed E-state index contributed by atoms with van der Waals surface area (Å²) in [6, 6.07) is 20.5. The molecule has 4 nitrogen and oxygen atoms in total. The Hall–Kier alpha value is -3.08. The molecule has 27 heavy (non-hydrogen) atoms. The number of urea groups is 1. The number of hydrogen-bond acceptors (Lipinski definition) is 1. The molecule has 0 saturated heterocycles. The summed E-state index contributed by atoms with van der Waals surface area (Å²) < 4.78 is 15.3. The summed E-state index contributed by atoms with van der Waals surface area (Å²) in [6.07, 6.45) is 2.84. The van der Waals surface area contributed by atoms with E-state index in [0.717, 1.165) is 24.2 Å². The number of nitrogens with one attached hydrogen (secondary N) is 1. The second kappa shape index (κ2) is 7.66. The number of halogens is 1. The second-order valence-corrected chi connectivity index (χ2v) is 6.81. The van der Waals surface area contributed by atoms with E-state index in [4.69, 9.17) is 0 Å². The molecule has 3 aromatic rings. The molecular weight excluding hydrogens is 341 g/mol. The third kappa shape index (κ3) is 3.87. The Morgan fingerprint density at radius 1 is 0.963 bits per heavy atom. The molecule has 1 N–H and O–H groups in total. The van der Waals surface area contributed by atoms with Crippen LogP contribution in [0.3, 0.4) is 0 Å². The van der Waals surface area contributed by atoms with E-state index >= 15 is 0 Å². The number of aromatic nitrogens is 1. The van der Waals surface area contributed by atoms with Crippen LogP contribution >= 0.6 is 0 Å². The van der Waals surface area contributed by atoms with Crippen LogP contribution in [-0.2, 0) is 19.5 Å². The Morgan fingerprint density at radius 3 is 2.52 bits per heavy atom. The number of hydrogen-bond donors (Lipinski definition) is 1. The molecule has 1 atom stereocenters. The van der Waals surface area contributed by atoms with E-state index in [1.165, 1.54) is 17.7 Å². The molecule has 2 aromatic carbocycles. The molecule has 0 radical (unpaired) electrons. The van der Waals surface area contributed by atoms with Gasteiger partial charge in [-0.1, -0.05) is 42.5 Å². The predicted molar refractivity (Wildman–Crippen MR) is 103 cm³/mol. The van der Waals surface area contributed by atoms with Crippen molar-refractivity contribution < 1.29 is 9.18 Å². The van der Waals surface area contributed by atoms with Gasteiger partial charge in [0.25, 0.3) is 0 Å². The van der Waals surface area contributed by atoms with E-state index in [1.54, 1.807) is 12.1 Å². The summed E-state index contributed by atoms with van der Waals surface area (Å²) in [4.78, 5) is 14.8. The van der Waals surface area contributed by atoms with Crippen LogP contribution < -0.4 is 5.32 Å². The molecule has 0 spiro atoms.